The lowest BCUT2D eigenvalue weighted by Crippen LogP contribution is -2.49. The first-order chi connectivity index (χ1) is 15.3. The molecule has 0 aliphatic heterocycles. The van der Waals surface area contributed by atoms with Gasteiger partial charge in [0.05, 0.1) is 17.6 Å². The molecule has 0 radical (unpaired) electrons. The summed E-state index contributed by atoms with van der Waals surface area (Å²) in [5.74, 6) is 0.563. The molecule has 5 rings (SSSR count). The van der Waals surface area contributed by atoms with Crippen LogP contribution < -0.4 is 4.72 Å². The Morgan fingerprint density at radius 2 is 1.88 bits per heavy atom. The monoisotopic (exact) mass is 449 g/mol. The van der Waals surface area contributed by atoms with Crippen molar-refractivity contribution in [2.75, 3.05) is 11.0 Å². The highest BCUT2D eigenvalue weighted by Crippen LogP contribution is 2.55. The average Bonchev–Trinajstić information content (AvgIpc) is 3.21. The van der Waals surface area contributed by atoms with Gasteiger partial charge in [-0.3, -0.25) is 14.6 Å². The van der Waals surface area contributed by atoms with Gasteiger partial charge < -0.3 is 0 Å². The van der Waals surface area contributed by atoms with Crippen molar-refractivity contribution < 1.29 is 13.2 Å². The highest BCUT2D eigenvalue weighted by atomic mass is 32.2. The fourth-order valence-corrected chi connectivity index (χ4v) is 6.43. The minimum atomic E-state index is -3.36. The van der Waals surface area contributed by atoms with Gasteiger partial charge in [0.1, 0.15) is 5.78 Å². The lowest BCUT2D eigenvalue weighted by molar-refractivity contribution is -0.128. The summed E-state index contributed by atoms with van der Waals surface area (Å²) >= 11 is 0. The maximum absolute atomic E-state index is 12.6. The smallest absolute Gasteiger partial charge is 0.229 e. The van der Waals surface area contributed by atoms with Crippen LogP contribution in [-0.4, -0.2) is 30.7 Å². The lowest BCUT2D eigenvalue weighted by Gasteiger charge is -2.49. The number of hydrogen-bond acceptors (Lipinski definition) is 4. The Morgan fingerprint density at radius 3 is 2.62 bits per heavy atom. The minimum Gasteiger partial charge on any atom is -0.299 e. The van der Waals surface area contributed by atoms with Crippen LogP contribution in [0.1, 0.15) is 43.0 Å². The van der Waals surface area contributed by atoms with Gasteiger partial charge in [-0.2, -0.15) is 5.10 Å². The highest BCUT2D eigenvalue weighted by molar-refractivity contribution is 7.92. The van der Waals surface area contributed by atoms with Crippen LogP contribution in [-0.2, 0) is 26.7 Å². The van der Waals surface area contributed by atoms with Crippen LogP contribution >= 0.6 is 0 Å². The van der Waals surface area contributed by atoms with E-state index in [1.54, 1.807) is 6.07 Å². The summed E-state index contributed by atoms with van der Waals surface area (Å²) in [4.78, 5) is 12.6. The van der Waals surface area contributed by atoms with E-state index in [0.29, 0.717) is 17.9 Å². The van der Waals surface area contributed by atoms with E-state index in [1.807, 2.05) is 24.3 Å². The number of nitrogens with zero attached hydrogens (tertiary/aromatic N) is 1. The maximum Gasteiger partial charge on any atom is 0.229 e. The van der Waals surface area contributed by atoms with Gasteiger partial charge in [-0.25, -0.2) is 8.42 Å². The van der Waals surface area contributed by atoms with E-state index >= 15 is 0 Å². The van der Waals surface area contributed by atoms with Gasteiger partial charge in [0, 0.05) is 34.6 Å². The molecule has 2 aliphatic carbocycles. The number of carbonyl (C=O) groups excluding carboxylic acids is 1. The van der Waals surface area contributed by atoms with E-state index in [2.05, 4.69) is 41.0 Å². The minimum absolute atomic E-state index is 0.000421. The molecule has 0 spiro atoms. The van der Waals surface area contributed by atoms with Crippen molar-refractivity contribution in [1.29, 1.82) is 0 Å². The Kier molecular flexibility index (Phi) is 4.97. The van der Waals surface area contributed by atoms with Crippen LogP contribution in [0.2, 0.25) is 0 Å². The zero-order valence-corrected chi connectivity index (χ0v) is 19.1. The molecule has 2 aliphatic rings. The van der Waals surface area contributed by atoms with Crippen LogP contribution in [0, 0.1) is 11.8 Å². The van der Waals surface area contributed by atoms with Crippen LogP contribution in [0.5, 0.6) is 0 Å². The number of sulfonamides is 1. The molecule has 7 heteroatoms. The van der Waals surface area contributed by atoms with Crippen LogP contribution in [0.4, 0.5) is 5.69 Å². The van der Waals surface area contributed by atoms with Gasteiger partial charge in [0.25, 0.3) is 0 Å². The normalized spacial score (nSPS) is 25.1. The number of Topliss-reactive ketones (excluding diaryl/α,β-unsaturated/α-hetero) is 1. The summed E-state index contributed by atoms with van der Waals surface area (Å²) in [7, 11) is -3.36. The summed E-state index contributed by atoms with van der Waals surface area (Å²) in [6, 6.07) is 17.9. The second kappa shape index (κ2) is 7.59. The van der Waals surface area contributed by atoms with E-state index in [1.165, 1.54) is 11.1 Å². The second-order valence-electron chi connectivity index (χ2n) is 9.12. The van der Waals surface area contributed by atoms with Crippen molar-refractivity contribution in [2.45, 2.75) is 38.0 Å². The molecular formula is C25H27N3O3S. The molecule has 0 unspecified atom stereocenters. The van der Waals surface area contributed by atoms with Gasteiger partial charge in [-0.05, 0) is 42.9 Å². The lowest BCUT2D eigenvalue weighted by atomic mass is 9.53. The van der Waals surface area contributed by atoms with Crippen molar-refractivity contribution in [1.82, 2.24) is 10.2 Å². The molecule has 1 saturated carbocycles. The van der Waals surface area contributed by atoms with Crippen molar-refractivity contribution in [3.8, 4) is 11.3 Å². The SMILES string of the molecule is C[C@@H]1C(=O)CC[C@]2(c3ccccc3)c3n[nH]c(-c4cccc(NS(C)(=O)=O)c4)c3CC[C@@H]12. The zero-order chi connectivity index (χ0) is 22.5. The quantitative estimate of drug-likeness (QED) is 0.621. The topological polar surface area (TPSA) is 91.9 Å². The maximum atomic E-state index is 12.6. The third-order valence-electron chi connectivity index (χ3n) is 7.25. The Morgan fingerprint density at radius 1 is 1.09 bits per heavy atom. The molecule has 32 heavy (non-hydrogen) atoms. The first kappa shape index (κ1) is 20.9. The number of ketones is 1. The standard InChI is InChI=1S/C25H27N3O3S/c1-16-21-12-11-20-23(17-7-6-10-19(15-17)28-32(2,30)31)26-27-24(20)25(21,14-13-22(16)29)18-8-4-3-5-9-18/h3-10,15-16,21,28H,11-14H2,1-2H3,(H,26,27)/t16-,21-,25+/m0/s1. The molecule has 1 fully saturated rings. The molecule has 2 N–H and O–H groups in total. The largest absolute Gasteiger partial charge is 0.299 e. The van der Waals surface area contributed by atoms with Gasteiger partial charge in [-0.15, -0.1) is 0 Å². The molecular weight excluding hydrogens is 422 g/mol. The number of aromatic nitrogens is 2. The number of nitrogens with one attached hydrogen (secondary N) is 2. The first-order valence-electron chi connectivity index (χ1n) is 11.0. The third kappa shape index (κ3) is 3.35. The fraction of sp³-hybridized carbons (Fsp3) is 0.360. The second-order valence-corrected chi connectivity index (χ2v) is 10.9. The Balaban J connectivity index is 1.65. The molecule has 0 amide bonds. The van der Waals surface area contributed by atoms with E-state index in [9.17, 15) is 13.2 Å². The van der Waals surface area contributed by atoms with Gasteiger partial charge in [-0.1, -0.05) is 49.4 Å². The number of aromatic amines is 1. The van der Waals surface area contributed by atoms with Crippen molar-refractivity contribution in [2.24, 2.45) is 11.8 Å². The zero-order valence-electron chi connectivity index (χ0n) is 18.3. The molecule has 3 atom stereocenters. The summed E-state index contributed by atoms with van der Waals surface area (Å²) in [6.07, 6.45) is 4.22. The Hall–Kier alpha value is -2.93. The number of hydrogen-bond donors (Lipinski definition) is 2. The number of rotatable bonds is 4. The van der Waals surface area contributed by atoms with Crippen LogP contribution in [0.15, 0.2) is 54.6 Å². The van der Waals surface area contributed by atoms with E-state index in [0.717, 1.165) is 42.5 Å². The van der Waals surface area contributed by atoms with Crippen molar-refractivity contribution >= 4 is 21.5 Å². The number of carbonyl (C=O) groups is 1. The molecule has 3 aromatic rings. The predicted octanol–water partition coefficient (Wildman–Crippen LogP) is 4.30. The molecule has 6 nitrogen and oxygen atoms in total. The summed E-state index contributed by atoms with van der Waals surface area (Å²) in [5, 5.41) is 8.12. The number of H-pyrrole nitrogens is 1. The fourth-order valence-electron chi connectivity index (χ4n) is 5.87. The van der Waals surface area contributed by atoms with Gasteiger partial charge in [0.2, 0.25) is 10.0 Å². The Bertz CT molecular complexity index is 1280. The Labute approximate surface area is 188 Å². The van der Waals surface area contributed by atoms with Crippen LogP contribution in [0.25, 0.3) is 11.3 Å². The molecule has 1 heterocycles. The molecule has 2 aromatic carbocycles. The van der Waals surface area contributed by atoms with E-state index in [4.69, 9.17) is 5.10 Å². The van der Waals surface area contributed by atoms with Crippen LogP contribution in [0.3, 0.4) is 0 Å². The molecule has 0 saturated heterocycles. The summed E-state index contributed by atoms with van der Waals surface area (Å²) in [5.41, 5.74) is 5.48. The molecule has 1 aromatic heterocycles. The van der Waals surface area contributed by atoms with E-state index < -0.39 is 10.0 Å². The summed E-state index contributed by atoms with van der Waals surface area (Å²) < 4.78 is 25.9. The van der Waals surface area contributed by atoms with Gasteiger partial charge >= 0.3 is 0 Å². The average molecular weight is 450 g/mol. The molecule has 0 bridgehead atoms. The number of benzene rings is 2. The third-order valence-corrected chi connectivity index (χ3v) is 7.86. The first-order valence-corrected chi connectivity index (χ1v) is 12.9. The number of anilines is 1. The predicted molar refractivity (Wildman–Crippen MR) is 125 cm³/mol. The number of fused-ring (bicyclic) bond motifs is 3. The molecule has 166 valence electrons. The van der Waals surface area contributed by atoms with E-state index in [-0.39, 0.29) is 17.3 Å². The van der Waals surface area contributed by atoms with Crippen molar-refractivity contribution in [3.63, 3.8) is 0 Å². The highest BCUT2D eigenvalue weighted by Gasteiger charge is 2.53. The van der Waals surface area contributed by atoms with Gasteiger partial charge in [0.15, 0.2) is 0 Å². The summed E-state index contributed by atoms with van der Waals surface area (Å²) in [6.45, 7) is 2.07. The van der Waals surface area contributed by atoms with Crippen molar-refractivity contribution in [3.05, 3.63) is 71.4 Å².